The van der Waals surface area contributed by atoms with Crippen molar-refractivity contribution in [1.29, 1.82) is 5.26 Å². The topological polar surface area (TPSA) is 107 Å². The number of rotatable bonds is 6. The Labute approximate surface area is 214 Å². The molecule has 2 amide bonds. The van der Waals surface area contributed by atoms with Crippen LogP contribution >= 0.6 is 23.2 Å². The van der Waals surface area contributed by atoms with Crippen LogP contribution < -0.4 is 5.32 Å². The highest BCUT2D eigenvalue weighted by molar-refractivity contribution is 7.92. The largest absolute Gasteiger partial charge is 0.336 e. The number of nitriles is 1. The third-order valence-electron chi connectivity index (χ3n) is 6.84. The van der Waals surface area contributed by atoms with Crippen molar-refractivity contribution < 1.29 is 18.0 Å². The Morgan fingerprint density at radius 2 is 1.74 bits per heavy atom. The fourth-order valence-electron chi connectivity index (χ4n) is 4.41. The van der Waals surface area contributed by atoms with Gasteiger partial charge in [-0.3, -0.25) is 9.59 Å². The number of nitrogens with zero attached hydrogens (tertiary/aromatic N) is 2. The quantitative estimate of drug-likeness (QED) is 0.605. The smallest absolute Gasteiger partial charge is 0.244 e. The second-order valence-corrected chi connectivity index (χ2v) is 12.7. The molecule has 2 aliphatic rings. The lowest BCUT2D eigenvalue weighted by molar-refractivity contribution is -0.142. The number of carbonyl (C=O) groups is 2. The van der Waals surface area contributed by atoms with Crippen molar-refractivity contribution in [2.75, 3.05) is 6.54 Å². The Morgan fingerprint density at radius 3 is 2.31 bits per heavy atom. The molecular formula is C25H25Cl2N3O4S. The number of benzene rings is 2. The van der Waals surface area contributed by atoms with E-state index in [1.807, 2.05) is 0 Å². The van der Waals surface area contributed by atoms with E-state index in [1.54, 1.807) is 50.2 Å². The van der Waals surface area contributed by atoms with Gasteiger partial charge in [0.25, 0.3) is 0 Å². The van der Waals surface area contributed by atoms with Crippen molar-refractivity contribution in [1.82, 2.24) is 10.2 Å². The highest BCUT2D eigenvalue weighted by Gasteiger charge is 2.52. The maximum atomic E-state index is 13.8. The average Bonchev–Trinajstić information content (AvgIpc) is 3.44. The maximum Gasteiger partial charge on any atom is 0.244 e. The van der Waals surface area contributed by atoms with Crippen LogP contribution in [0.3, 0.4) is 0 Å². The van der Waals surface area contributed by atoms with Gasteiger partial charge >= 0.3 is 0 Å². The standard InChI is InChI=1S/C25H25Cl2N3O4S/c1-24(2,16-7-9-17(26)10-8-16)23(32)30-14-18(35(33,34)21-6-4-3-5-19(21)27)13-20(30)22(31)29-25(15-28)11-12-25/h3-10,18,20H,11-14H2,1-2H3,(H,29,31). The first kappa shape index (κ1) is 25.5. The summed E-state index contributed by atoms with van der Waals surface area (Å²) in [5.41, 5.74) is -1.32. The van der Waals surface area contributed by atoms with E-state index in [2.05, 4.69) is 11.4 Å². The molecule has 35 heavy (non-hydrogen) atoms. The van der Waals surface area contributed by atoms with Gasteiger partial charge in [0.2, 0.25) is 11.8 Å². The lowest BCUT2D eigenvalue weighted by atomic mass is 9.83. The molecule has 2 fully saturated rings. The Hall–Kier alpha value is -2.60. The van der Waals surface area contributed by atoms with E-state index in [0.717, 1.165) is 0 Å². The molecule has 1 N–H and O–H groups in total. The second kappa shape index (κ2) is 9.12. The molecule has 4 rings (SSSR count). The molecule has 1 aliphatic carbocycles. The van der Waals surface area contributed by atoms with Gasteiger partial charge in [-0.1, -0.05) is 47.5 Å². The second-order valence-electron chi connectivity index (χ2n) is 9.62. The van der Waals surface area contributed by atoms with E-state index in [4.69, 9.17) is 23.2 Å². The number of carbonyl (C=O) groups excluding carboxylic acids is 2. The van der Waals surface area contributed by atoms with Crippen LogP contribution in [0.5, 0.6) is 0 Å². The summed E-state index contributed by atoms with van der Waals surface area (Å²) >= 11 is 12.2. The molecule has 1 saturated carbocycles. The number of hydrogen-bond acceptors (Lipinski definition) is 5. The normalized spacial score (nSPS) is 21.3. The summed E-state index contributed by atoms with van der Waals surface area (Å²) in [6, 6.07) is 14.0. The van der Waals surface area contributed by atoms with Crippen LogP contribution in [0, 0.1) is 11.3 Å². The van der Waals surface area contributed by atoms with E-state index < -0.39 is 43.9 Å². The van der Waals surface area contributed by atoms with Gasteiger partial charge in [0.1, 0.15) is 11.6 Å². The fraction of sp³-hybridized carbons (Fsp3) is 0.400. The van der Waals surface area contributed by atoms with Crippen LogP contribution in [0.15, 0.2) is 53.4 Å². The number of halogens is 2. The number of likely N-dealkylation sites (tertiary alicyclic amines) is 1. The van der Waals surface area contributed by atoms with Crippen LogP contribution in [0.4, 0.5) is 0 Å². The van der Waals surface area contributed by atoms with E-state index >= 15 is 0 Å². The van der Waals surface area contributed by atoms with E-state index in [-0.39, 0.29) is 22.9 Å². The SMILES string of the molecule is CC(C)(C(=O)N1CC(S(=O)(=O)c2ccccc2Cl)CC1C(=O)NC1(C#N)CC1)c1ccc(Cl)cc1. The van der Waals surface area contributed by atoms with E-state index in [0.29, 0.717) is 23.4 Å². The lowest BCUT2D eigenvalue weighted by Crippen LogP contribution is -2.53. The third kappa shape index (κ3) is 4.77. The first-order valence-electron chi connectivity index (χ1n) is 11.2. The zero-order chi connectivity index (χ0) is 25.6. The minimum absolute atomic E-state index is 0.0345. The van der Waals surface area contributed by atoms with Crippen LogP contribution in [-0.2, 0) is 24.8 Å². The molecule has 7 nitrogen and oxygen atoms in total. The molecule has 2 aromatic carbocycles. The van der Waals surface area contributed by atoms with Crippen molar-refractivity contribution in [3.63, 3.8) is 0 Å². The number of nitrogens with one attached hydrogen (secondary N) is 1. The predicted molar refractivity (Wildman–Crippen MR) is 133 cm³/mol. The first-order valence-corrected chi connectivity index (χ1v) is 13.5. The molecule has 0 radical (unpaired) electrons. The molecule has 0 spiro atoms. The fourth-order valence-corrected chi connectivity index (χ4v) is 6.75. The number of sulfone groups is 1. The van der Waals surface area contributed by atoms with E-state index in [1.165, 1.54) is 17.0 Å². The van der Waals surface area contributed by atoms with Crippen LogP contribution in [0.2, 0.25) is 10.0 Å². The van der Waals surface area contributed by atoms with Crippen molar-refractivity contribution in [3.05, 3.63) is 64.1 Å². The monoisotopic (exact) mass is 533 g/mol. The molecule has 2 aromatic rings. The highest BCUT2D eigenvalue weighted by Crippen LogP contribution is 2.38. The Balaban J connectivity index is 1.69. The van der Waals surface area contributed by atoms with Crippen molar-refractivity contribution in [2.24, 2.45) is 0 Å². The Morgan fingerprint density at radius 1 is 1.11 bits per heavy atom. The summed E-state index contributed by atoms with van der Waals surface area (Å²) in [5.74, 6) is -0.917. The van der Waals surface area contributed by atoms with Gasteiger partial charge in [-0.15, -0.1) is 0 Å². The minimum atomic E-state index is -3.94. The zero-order valence-corrected chi connectivity index (χ0v) is 21.6. The van der Waals surface area contributed by atoms with E-state index in [9.17, 15) is 23.3 Å². The number of hydrogen-bond donors (Lipinski definition) is 1. The minimum Gasteiger partial charge on any atom is -0.336 e. The Bertz CT molecular complexity index is 1310. The maximum absolute atomic E-state index is 13.8. The summed E-state index contributed by atoms with van der Waals surface area (Å²) in [6.45, 7) is 3.28. The highest BCUT2D eigenvalue weighted by atomic mass is 35.5. The number of amides is 2. The molecule has 184 valence electrons. The zero-order valence-electron chi connectivity index (χ0n) is 19.3. The molecule has 1 saturated heterocycles. The van der Waals surface area contributed by atoms with Gasteiger partial charge in [-0.25, -0.2) is 8.42 Å². The van der Waals surface area contributed by atoms with Crippen LogP contribution in [0.1, 0.15) is 38.7 Å². The lowest BCUT2D eigenvalue weighted by Gasteiger charge is -2.33. The first-order chi connectivity index (χ1) is 16.4. The van der Waals surface area contributed by atoms with Crippen molar-refractivity contribution >= 4 is 44.9 Å². The Kier molecular flexibility index (Phi) is 6.64. The molecule has 2 unspecified atom stereocenters. The molecule has 10 heteroatoms. The molecule has 1 aliphatic heterocycles. The predicted octanol–water partition coefficient (Wildman–Crippen LogP) is 3.89. The van der Waals surface area contributed by atoms with Crippen molar-refractivity contribution in [2.45, 2.75) is 60.3 Å². The van der Waals surface area contributed by atoms with Gasteiger partial charge in [0.05, 0.1) is 26.7 Å². The molecule has 1 heterocycles. The van der Waals surface area contributed by atoms with Crippen LogP contribution in [0.25, 0.3) is 0 Å². The average molecular weight is 534 g/mol. The summed E-state index contributed by atoms with van der Waals surface area (Å²) in [6.07, 6.45) is 0.949. The van der Waals surface area contributed by atoms with Gasteiger partial charge in [-0.05, 0) is 62.9 Å². The molecule has 2 atom stereocenters. The molecule has 0 bridgehead atoms. The van der Waals surface area contributed by atoms with Gasteiger partial charge in [0.15, 0.2) is 9.84 Å². The summed E-state index contributed by atoms with van der Waals surface area (Å²) in [4.78, 5) is 28.4. The van der Waals surface area contributed by atoms with Gasteiger partial charge in [-0.2, -0.15) is 5.26 Å². The third-order valence-corrected chi connectivity index (χ3v) is 9.72. The van der Waals surface area contributed by atoms with Crippen LogP contribution in [-0.4, -0.2) is 48.5 Å². The van der Waals surface area contributed by atoms with Gasteiger partial charge < -0.3 is 10.2 Å². The summed E-state index contributed by atoms with van der Waals surface area (Å²) < 4.78 is 27.0. The summed E-state index contributed by atoms with van der Waals surface area (Å²) in [7, 11) is -3.94. The summed E-state index contributed by atoms with van der Waals surface area (Å²) in [5, 5.41) is 11.7. The van der Waals surface area contributed by atoms with Gasteiger partial charge in [0, 0.05) is 11.6 Å². The van der Waals surface area contributed by atoms with Crippen molar-refractivity contribution in [3.8, 4) is 6.07 Å². The molecular weight excluding hydrogens is 509 g/mol. The molecule has 0 aromatic heterocycles.